The molecule has 4 heteroatoms. The lowest BCUT2D eigenvalue weighted by molar-refractivity contribution is -0.136. The Hall–Kier alpha value is -0.870. The number of esters is 1. The van der Waals surface area contributed by atoms with Crippen molar-refractivity contribution in [2.75, 3.05) is 7.11 Å². The number of carbonyl (C=O) groups is 1. The molecule has 0 radical (unpaired) electrons. The standard InChI is InChI=1S/C7H14N2O2/c1-5(6(10)11-4)7(2,3)9-8/h9H,1,8H2,2-4H3. The van der Waals surface area contributed by atoms with E-state index >= 15 is 0 Å². The largest absolute Gasteiger partial charge is 0.466 e. The van der Waals surface area contributed by atoms with Crippen molar-refractivity contribution in [3.05, 3.63) is 12.2 Å². The van der Waals surface area contributed by atoms with Crippen molar-refractivity contribution in [2.45, 2.75) is 19.4 Å². The predicted octanol–water partition coefficient (Wildman–Crippen LogP) is -0.0425. The van der Waals surface area contributed by atoms with Gasteiger partial charge in [0.25, 0.3) is 0 Å². The van der Waals surface area contributed by atoms with Gasteiger partial charge in [0.15, 0.2) is 0 Å². The first-order valence-corrected chi connectivity index (χ1v) is 3.21. The third-order valence-electron chi connectivity index (χ3n) is 1.55. The Bertz CT molecular complexity index is 175. The van der Waals surface area contributed by atoms with Crippen molar-refractivity contribution in [2.24, 2.45) is 5.84 Å². The number of rotatable bonds is 3. The van der Waals surface area contributed by atoms with Crippen LogP contribution in [0.15, 0.2) is 12.2 Å². The van der Waals surface area contributed by atoms with Gasteiger partial charge in [-0.3, -0.25) is 11.3 Å². The first kappa shape index (κ1) is 10.1. The smallest absolute Gasteiger partial charge is 0.335 e. The number of ether oxygens (including phenoxy) is 1. The van der Waals surface area contributed by atoms with Crippen molar-refractivity contribution < 1.29 is 9.53 Å². The Balaban J connectivity index is 4.36. The van der Waals surface area contributed by atoms with E-state index in [1.165, 1.54) is 7.11 Å². The van der Waals surface area contributed by atoms with Crippen molar-refractivity contribution in [1.82, 2.24) is 5.43 Å². The lowest BCUT2D eigenvalue weighted by atomic mass is 9.97. The van der Waals surface area contributed by atoms with E-state index in [0.29, 0.717) is 5.57 Å². The summed E-state index contributed by atoms with van der Waals surface area (Å²) >= 11 is 0. The Labute approximate surface area is 66.4 Å². The summed E-state index contributed by atoms with van der Waals surface area (Å²) in [6.07, 6.45) is 0. The Morgan fingerprint density at radius 3 is 2.36 bits per heavy atom. The monoisotopic (exact) mass is 158 g/mol. The van der Waals surface area contributed by atoms with Crippen LogP contribution >= 0.6 is 0 Å². The van der Waals surface area contributed by atoms with Gasteiger partial charge in [0.2, 0.25) is 0 Å². The summed E-state index contributed by atoms with van der Waals surface area (Å²) in [6, 6.07) is 0. The van der Waals surface area contributed by atoms with Crippen molar-refractivity contribution >= 4 is 5.97 Å². The highest BCUT2D eigenvalue weighted by Gasteiger charge is 2.25. The van der Waals surface area contributed by atoms with Crippen LogP contribution in [-0.4, -0.2) is 18.6 Å². The molecule has 0 rings (SSSR count). The van der Waals surface area contributed by atoms with Crippen molar-refractivity contribution in [3.8, 4) is 0 Å². The van der Waals surface area contributed by atoms with Gasteiger partial charge in [-0.05, 0) is 13.8 Å². The first-order chi connectivity index (χ1) is 4.95. The zero-order valence-electron chi connectivity index (χ0n) is 7.10. The van der Waals surface area contributed by atoms with Crippen LogP contribution < -0.4 is 11.3 Å². The maximum absolute atomic E-state index is 10.9. The van der Waals surface area contributed by atoms with Gasteiger partial charge in [0, 0.05) is 0 Å². The quantitative estimate of drug-likeness (QED) is 0.262. The molecule has 0 aromatic rings. The van der Waals surface area contributed by atoms with Crippen LogP contribution in [0.25, 0.3) is 0 Å². The minimum absolute atomic E-state index is 0.308. The third-order valence-corrected chi connectivity index (χ3v) is 1.55. The second-order valence-corrected chi connectivity index (χ2v) is 2.74. The van der Waals surface area contributed by atoms with Crippen LogP contribution in [0.5, 0.6) is 0 Å². The molecule has 0 aliphatic carbocycles. The summed E-state index contributed by atoms with van der Waals surface area (Å²) in [5.74, 6) is 4.73. The molecule has 0 unspecified atom stereocenters. The van der Waals surface area contributed by atoms with Crippen LogP contribution in [0.2, 0.25) is 0 Å². The third kappa shape index (κ3) is 2.32. The molecule has 0 fully saturated rings. The van der Waals surface area contributed by atoms with E-state index in [4.69, 9.17) is 5.84 Å². The molecule has 0 aromatic carbocycles. The number of nitrogens with two attached hydrogens (primary N) is 1. The van der Waals surface area contributed by atoms with Crippen molar-refractivity contribution in [1.29, 1.82) is 0 Å². The number of hydrogen-bond acceptors (Lipinski definition) is 4. The van der Waals surface area contributed by atoms with Gasteiger partial charge in [0.1, 0.15) is 0 Å². The maximum Gasteiger partial charge on any atom is 0.335 e. The highest BCUT2D eigenvalue weighted by atomic mass is 16.5. The normalized spacial score (nSPS) is 10.9. The van der Waals surface area contributed by atoms with E-state index in [-0.39, 0.29) is 0 Å². The zero-order chi connectivity index (χ0) is 9.07. The molecule has 3 N–H and O–H groups in total. The molecule has 0 aliphatic rings. The molecule has 0 saturated heterocycles. The Morgan fingerprint density at radius 2 is 2.09 bits per heavy atom. The maximum atomic E-state index is 10.9. The van der Waals surface area contributed by atoms with E-state index in [2.05, 4.69) is 16.7 Å². The average Bonchev–Trinajstić information content (AvgIpc) is 2.01. The number of hydrazine groups is 1. The molecule has 11 heavy (non-hydrogen) atoms. The topological polar surface area (TPSA) is 64.3 Å². The van der Waals surface area contributed by atoms with E-state index in [1.807, 2.05) is 0 Å². The molecule has 0 saturated carbocycles. The van der Waals surface area contributed by atoms with Gasteiger partial charge in [-0.1, -0.05) is 6.58 Å². The number of carbonyl (C=O) groups excluding carboxylic acids is 1. The van der Waals surface area contributed by atoms with Gasteiger partial charge < -0.3 is 4.74 Å². The first-order valence-electron chi connectivity index (χ1n) is 3.21. The molecule has 0 atom stereocenters. The summed E-state index contributed by atoms with van der Waals surface area (Å²) < 4.78 is 4.47. The number of methoxy groups -OCH3 is 1. The Morgan fingerprint density at radius 1 is 1.64 bits per heavy atom. The minimum Gasteiger partial charge on any atom is -0.466 e. The number of nitrogens with one attached hydrogen (secondary N) is 1. The van der Waals surface area contributed by atoms with Crippen molar-refractivity contribution in [3.63, 3.8) is 0 Å². The van der Waals surface area contributed by atoms with Gasteiger partial charge in [-0.25, -0.2) is 4.79 Å². The SMILES string of the molecule is C=C(C(=O)OC)C(C)(C)NN. The molecule has 0 spiro atoms. The molecule has 0 aliphatic heterocycles. The fourth-order valence-corrected chi connectivity index (χ4v) is 0.465. The Kier molecular flexibility index (Phi) is 3.22. The molecular formula is C7H14N2O2. The molecule has 4 nitrogen and oxygen atoms in total. The van der Waals surface area contributed by atoms with Crippen LogP contribution in [-0.2, 0) is 9.53 Å². The van der Waals surface area contributed by atoms with Crippen LogP contribution in [0.1, 0.15) is 13.8 Å². The van der Waals surface area contributed by atoms with Gasteiger partial charge in [0.05, 0.1) is 18.2 Å². The predicted molar refractivity (Wildman–Crippen MR) is 42.6 cm³/mol. The molecule has 64 valence electrons. The summed E-state index contributed by atoms with van der Waals surface area (Å²) in [5, 5.41) is 0. The van der Waals surface area contributed by atoms with E-state index in [1.54, 1.807) is 13.8 Å². The second kappa shape index (κ2) is 3.50. The van der Waals surface area contributed by atoms with Crippen LogP contribution in [0, 0.1) is 0 Å². The lowest BCUT2D eigenvalue weighted by Gasteiger charge is -2.23. The lowest BCUT2D eigenvalue weighted by Crippen LogP contribution is -2.47. The molecular weight excluding hydrogens is 144 g/mol. The fourth-order valence-electron chi connectivity index (χ4n) is 0.465. The van der Waals surface area contributed by atoms with E-state index in [0.717, 1.165) is 0 Å². The van der Waals surface area contributed by atoms with Crippen LogP contribution in [0.4, 0.5) is 0 Å². The number of hydrogen-bond donors (Lipinski definition) is 2. The van der Waals surface area contributed by atoms with Crippen LogP contribution in [0.3, 0.4) is 0 Å². The van der Waals surface area contributed by atoms with E-state index < -0.39 is 11.5 Å². The van der Waals surface area contributed by atoms with Gasteiger partial charge in [-0.2, -0.15) is 0 Å². The average molecular weight is 158 g/mol. The fraction of sp³-hybridized carbons (Fsp3) is 0.571. The molecule has 0 bridgehead atoms. The minimum atomic E-state index is -0.618. The summed E-state index contributed by atoms with van der Waals surface area (Å²) in [4.78, 5) is 10.9. The molecule has 0 aromatic heterocycles. The second-order valence-electron chi connectivity index (χ2n) is 2.74. The molecule has 0 heterocycles. The summed E-state index contributed by atoms with van der Waals surface area (Å²) in [7, 11) is 1.31. The van der Waals surface area contributed by atoms with E-state index in [9.17, 15) is 4.79 Å². The summed E-state index contributed by atoms with van der Waals surface area (Å²) in [5.41, 5.74) is 2.15. The highest BCUT2D eigenvalue weighted by molar-refractivity contribution is 5.89. The van der Waals surface area contributed by atoms with Gasteiger partial charge in [-0.15, -0.1) is 0 Å². The zero-order valence-corrected chi connectivity index (χ0v) is 7.10. The van der Waals surface area contributed by atoms with Gasteiger partial charge >= 0.3 is 5.97 Å². The molecule has 0 amide bonds. The summed E-state index contributed by atoms with van der Waals surface area (Å²) in [6.45, 7) is 7.04. The highest BCUT2D eigenvalue weighted by Crippen LogP contribution is 2.13.